The van der Waals surface area contributed by atoms with Crippen LogP contribution in [0.15, 0.2) is 24.3 Å². The van der Waals surface area contributed by atoms with Gasteiger partial charge in [-0.1, -0.05) is 18.2 Å². The molecule has 2 unspecified atom stereocenters. The van der Waals surface area contributed by atoms with Crippen LogP contribution in [0.3, 0.4) is 0 Å². The molecule has 3 atom stereocenters. The van der Waals surface area contributed by atoms with Crippen molar-refractivity contribution in [3.05, 3.63) is 29.8 Å². The van der Waals surface area contributed by atoms with E-state index in [1.165, 1.54) is 0 Å². The molecule has 20 heavy (non-hydrogen) atoms. The number of ether oxygens (including phenoxy) is 2. The molecule has 2 aliphatic rings. The highest BCUT2D eigenvalue weighted by Crippen LogP contribution is 2.44. The summed E-state index contributed by atoms with van der Waals surface area (Å²) in [7, 11) is 0. The highest BCUT2D eigenvalue weighted by molar-refractivity contribution is 5.84. The van der Waals surface area contributed by atoms with Crippen LogP contribution in [0.5, 0.6) is 5.75 Å². The van der Waals surface area contributed by atoms with Crippen LogP contribution < -0.4 is 15.4 Å². The van der Waals surface area contributed by atoms with Gasteiger partial charge in [-0.2, -0.15) is 0 Å². The molecule has 2 amide bonds. The number of hydrogen-bond acceptors (Lipinski definition) is 4. The molecule has 0 aromatic heterocycles. The van der Waals surface area contributed by atoms with Crippen LogP contribution in [0.1, 0.15) is 25.5 Å². The minimum Gasteiger partial charge on any atom is -0.467 e. The fraction of sp³-hybridized carbons (Fsp3) is 0.429. The van der Waals surface area contributed by atoms with E-state index in [2.05, 4.69) is 10.6 Å². The molecular formula is C14H16N2O4. The molecule has 0 radical (unpaired) electrons. The quantitative estimate of drug-likeness (QED) is 0.799. The lowest BCUT2D eigenvalue weighted by molar-refractivity contribution is -0.162. The molecule has 106 valence electrons. The van der Waals surface area contributed by atoms with E-state index in [0.717, 1.165) is 5.56 Å². The van der Waals surface area contributed by atoms with Gasteiger partial charge in [0, 0.05) is 5.56 Å². The van der Waals surface area contributed by atoms with Gasteiger partial charge >= 0.3 is 12.0 Å². The van der Waals surface area contributed by atoms with E-state index in [1.807, 2.05) is 24.3 Å². The lowest BCUT2D eigenvalue weighted by Gasteiger charge is -2.48. The number of hydrogen-bond donors (Lipinski definition) is 2. The van der Waals surface area contributed by atoms with Crippen molar-refractivity contribution in [3.8, 4) is 5.75 Å². The zero-order valence-corrected chi connectivity index (χ0v) is 11.3. The number of carbonyl (C=O) groups is 2. The van der Waals surface area contributed by atoms with Crippen molar-refractivity contribution in [2.75, 3.05) is 6.61 Å². The fourth-order valence-electron chi connectivity index (χ4n) is 2.88. The van der Waals surface area contributed by atoms with Gasteiger partial charge in [0.25, 0.3) is 0 Å². The Morgan fingerprint density at radius 3 is 2.95 bits per heavy atom. The lowest BCUT2D eigenvalue weighted by Crippen LogP contribution is -2.70. The molecule has 1 saturated heterocycles. The number of carbonyl (C=O) groups excluding carboxylic acids is 2. The Kier molecular flexibility index (Phi) is 2.81. The predicted molar refractivity (Wildman–Crippen MR) is 70.0 cm³/mol. The molecule has 2 heterocycles. The van der Waals surface area contributed by atoms with Crippen molar-refractivity contribution in [3.63, 3.8) is 0 Å². The average Bonchev–Trinajstić information content (AvgIpc) is 2.37. The number of esters is 1. The zero-order valence-electron chi connectivity index (χ0n) is 11.3. The molecule has 0 aliphatic carbocycles. The third-order valence-electron chi connectivity index (χ3n) is 3.69. The molecule has 2 aliphatic heterocycles. The minimum atomic E-state index is -1.10. The van der Waals surface area contributed by atoms with Gasteiger partial charge in [-0.3, -0.25) is 10.1 Å². The Balaban J connectivity index is 2.08. The normalized spacial score (nSPS) is 30.4. The maximum Gasteiger partial charge on any atom is 0.318 e. The number of amides is 2. The van der Waals surface area contributed by atoms with Gasteiger partial charge in [0.15, 0.2) is 5.72 Å². The highest BCUT2D eigenvalue weighted by atomic mass is 16.5. The molecule has 1 aromatic rings. The van der Waals surface area contributed by atoms with Crippen LogP contribution in [0.4, 0.5) is 4.79 Å². The standard InChI is InChI=1S/C14H16N2O4/c1-3-19-12(17)10-11-8-6-4-5-7-9(8)20-14(10,2)16-13(18)15-11/h4-7,10-11H,3H2,1-2H3,(H2,15,16,18)/t10?,11?,14-/m0/s1. The summed E-state index contributed by atoms with van der Waals surface area (Å²) in [5.41, 5.74) is -0.314. The summed E-state index contributed by atoms with van der Waals surface area (Å²) in [6.45, 7) is 3.73. The number of rotatable bonds is 2. The van der Waals surface area contributed by atoms with Gasteiger partial charge in [-0.05, 0) is 19.9 Å². The van der Waals surface area contributed by atoms with Crippen molar-refractivity contribution in [2.24, 2.45) is 5.92 Å². The van der Waals surface area contributed by atoms with Crippen LogP contribution in [-0.2, 0) is 9.53 Å². The minimum absolute atomic E-state index is 0.285. The lowest BCUT2D eigenvalue weighted by atomic mass is 9.80. The number of para-hydroxylation sites is 1. The van der Waals surface area contributed by atoms with Crippen molar-refractivity contribution < 1.29 is 19.1 Å². The first-order valence-electron chi connectivity index (χ1n) is 6.58. The molecule has 0 spiro atoms. The SMILES string of the molecule is CCOC(=O)C1C2NC(=O)N[C@@]1(C)Oc1ccccc12. The molecule has 2 bridgehead atoms. The fourth-order valence-corrected chi connectivity index (χ4v) is 2.88. The molecule has 6 heteroatoms. The number of benzene rings is 1. The van der Waals surface area contributed by atoms with Crippen LogP contribution >= 0.6 is 0 Å². The first-order chi connectivity index (χ1) is 9.55. The van der Waals surface area contributed by atoms with Crippen molar-refractivity contribution in [1.29, 1.82) is 0 Å². The van der Waals surface area contributed by atoms with E-state index in [-0.39, 0.29) is 18.6 Å². The maximum atomic E-state index is 12.2. The first-order valence-corrected chi connectivity index (χ1v) is 6.58. The smallest absolute Gasteiger partial charge is 0.318 e. The van der Waals surface area contributed by atoms with Crippen LogP contribution in [0, 0.1) is 5.92 Å². The Hall–Kier alpha value is -2.24. The Bertz CT molecular complexity index is 574. The summed E-state index contributed by atoms with van der Waals surface area (Å²) in [4.78, 5) is 24.0. The van der Waals surface area contributed by atoms with Crippen molar-refractivity contribution in [2.45, 2.75) is 25.6 Å². The molecular weight excluding hydrogens is 260 g/mol. The summed E-state index contributed by atoms with van der Waals surface area (Å²) in [6, 6.07) is 6.56. The van der Waals surface area contributed by atoms with E-state index in [1.54, 1.807) is 13.8 Å². The largest absolute Gasteiger partial charge is 0.467 e. The summed E-state index contributed by atoms with van der Waals surface area (Å²) in [6.07, 6.45) is 0. The molecule has 6 nitrogen and oxygen atoms in total. The third kappa shape index (κ3) is 1.79. The summed E-state index contributed by atoms with van der Waals surface area (Å²) >= 11 is 0. The second-order valence-electron chi connectivity index (χ2n) is 5.05. The number of urea groups is 1. The van der Waals surface area contributed by atoms with Gasteiger partial charge in [0.2, 0.25) is 0 Å². The Morgan fingerprint density at radius 1 is 1.45 bits per heavy atom. The summed E-state index contributed by atoms with van der Waals surface area (Å²) in [5.74, 6) is -0.356. The first kappa shape index (κ1) is 12.8. The highest BCUT2D eigenvalue weighted by Gasteiger charge is 2.56. The second-order valence-corrected chi connectivity index (χ2v) is 5.05. The van der Waals surface area contributed by atoms with Gasteiger partial charge in [-0.15, -0.1) is 0 Å². The van der Waals surface area contributed by atoms with E-state index >= 15 is 0 Å². The molecule has 1 fully saturated rings. The van der Waals surface area contributed by atoms with Crippen LogP contribution in [0.25, 0.3) is 0 Å². The van der Waals surface area contributed by atoms with E-state index < -0.39 is 17.7 Å². The maximum absolute atomic E-state index is 12.2. The zero-order chi connectivity index (χ0) is 14.3. The molecule has 3 rings (SSSR count). The number of fused-ring (bicyclic) bond motifs is 4. The third-order valence-corrected chi connectivity index (χ3v) is 3.69. The van der Waals surface area contributed by atoms with Gasteiger partial charge in [0.1, 0.15) is 11.7 Å². The Labute approximate surface area is 116 Å². The van der Waals surface area contributed by atoms with Crippen molar-refractivity contribution >= 4 is 12.0 Å². The van der Waals surface area contributed by atoms with Gasteiger partial charge in [-0.25, -0.2) is 4.79 Å². The predicted octanol–water partition coefficient (Wildman–Crippen LogP) is 1.33. The summed E-state index contributed by atoms with van der Waals surface area (Å²) in [5, 5.41) is 5.47. The summed E-state index contributed by atoms with van der Waals surface area (Å²) < 4.78 is 11.0. The second kappa shape index (κ2) is 4.40. The van der Waals surface area contributed by atoms with Crippen molar-refractivity contribution in [1.82, 2.24) is 10.6 Å². The molecule has 2 N–H and O–H groups in total. The molecule has 0 saturated carbocycles. The average molecular weight is 276 g/mol. The Morgan fingerprint density at radius 2 is 2.20 bits per heavy atom. The van der Waals surface area contributed by atoms with Gasteiger partial charge in [0.05, 0.1) is 12.6 Å². The van der Waals surface area contributed by atoms with Crippen LogP contribution in [-0.4, -0.2) is 24.3 Å². The van der Waals surface area contributed by atoms with E-state index in [0.29, 0.717) is 5.75 Å². The topological polar surface area (TPSA) is 76.7 Å². The van der Waals surface area contributed by atoms with E-state index in [4.69, 9.17) is 9.47 Å². The number of nitrogens with one attached hydrogen (secondary N) is 2. The van der Waals surface area contributed by atoms with Gasteiger partial charge < -0.3 is 14.8 Å². The van der Waals surface area contributed by atoms with E-state index in [9.17, 15) is 9.59 Å². The molecule has 1 aromatic carbocycles. The monoisotopic (exact) mass is 276 g/mol. The van der Waals surface area contributed by atoms with Crippen LogP contribution in [0.2, 0.25) is 0 Å².